The molecule has 0 saturated carbocycles. The van der Waals surface area contributed by atoms with Crippen molar-refractivity contribution in [3.05, 3.63) is 0 Å². The Balaban J connectivity index is 2.06. The summed E-state index contributed by atoms with van der Waals surface area (Å²) in [5, 5.41) is 0. The number of hydrogen-bond donors (Lipinski definition) is 5. The molecule has 2 aliphatic rings. The van der Waals surface area contributed by atoms with E-state index in [0.717, 1.165) is 0 Å². The molecule has 2 aliphatic heterocycles. The van der Waals surface area contributed by atoms with E-state index < -0.39 is 19.2 Å². The molecule has 2 saturated heterocycles. The van der Waals surface area contributed by atoms with Gasteiger partial charge in [-0.1, -0.05) is 0 Å². The van der Waals surface area contributed by atoms with E-state index in [0.29, 0.717) is 41.7 Å². The van der Waals surface area contributed by atoms with Gasteiger partial charge in [-0.3, -0.25) is 0 Å². The summed E-state index contributed by atoms with van der Waals surface area (Å²) in [5.41, 5.74) is -9.27. The molecule has 8 nitrogen and oxygen atoms in total. The minimum absolute atomic E-state index is 0.507. The van der Waals surface area contributed by atoms with Crippen LogP contribution in [0.1, 0.15) is 0 Å². The SMILES string of the molecule is O=P(O)(OP1(O)(O)SS1)OP1(O)(O)SS1. The van der Waals surface area contributed by atoms with Crippen molar-refractivity contribution in [2.75, 3.05) is 0 Å². The van der Waals surface area contributed by atoms with Crippen molar-refractivity contribution in [3.8, 4) is 0 Å². The third-order valence-corrected chi connectivity index (χ3v) is 21.3. The quantitative estimate of drug-likeness (QED) is 0.287. The van der Waals surface area contributed by atoms with E-state index in [-0.39, 0.29) is 0 Å². The van der Waals surface area contributed by atoms with Gasteiger partial charge in [-0.05, 0) is 0 Å². The molecule has 0 atom stereocenters. The molecule has 0 bridgehead atoms. The molecule has 2 rings (SSSR count). The van der Waals surface area contributed by atoms with Crippen LogP contribution in [0.2, 0.25) is 0 Å². The topological polar surface area (TPSA) is 137 Å². The summed E-state index contributed by atoms with van der Waals surface area (Å²) in [6.07, 6.45) is 0. The molecule has 0 aromatic heterocycles. The molecule has 0 unspecified atom stereocenters. The zero-order chi connectivity index (χ0) is 11.6. The summed E-state index contributed by atoms with van der Waals surface area (Å²) in [5.74, 6) is 0. The maximum absolute atomic E-state index is 11.2. The predicted molar refractivity (Wildman–Crippen MR) is 65.1 cm³/mol. The van der Waals surface area contributed by atoms with Crippen LogP contribution in [-0.2, 0) is 13.2 Å². The van der Waals surface area contributed by atoms with Gasteiger partial charge in [0.15, 0.2) is 0 Å². The Morgan fingerprint density at radius 1 is 0.867 bits per heavy atom. The van der Waals surface area contributed by atoms with Crippen LogP contribution in [0.5, 0.6) is 0 Å². The van der Waals surface area contributed by atoms with Crippen LogP contribution in [0.25, 0.3) is 0 Å². The molecule has 0 aromatic rings. The Kier molecular flexibility index (Phi) is 2.91. The van der Waals surface area contributed by atoms with Crippen molar-refractivity contribution < 1.29 is 37.7 Å². The molecule has 15 heavy (non-hydrogen) atoms. The van der Waals surface area contributed by atoms with Crippen molar-refractivity contribution in [1.29, 1.82) is 0 Å². The van der Waals surface area contributed by atoms with E-state index in [1.807, 2.05) is 0 Å². The summed E-state index contributed by atoms with van der Waals surface area (Å²) in [7, 11) is -2.88. The second kappa shape index (κ2) is 3.20. The summed E-state index contributed by atoms with van der Waals surface area (Å²) < 4.78 is 19.5. The first-order valence-electron chi connectivity index (χ1n) is 2.98. The fraction of sp³-hybridized carbons (Fsp3) is 0. The van der Waals surface area contributed by atoms with E-state index in [2.05, 4.69) is 8.62 Å². The van der Waals surface area contributed by atoms with Crippen molar-refractivity contribution >= 4 is 60.9 Å². The average molecular weight is 354 g/mol. The molecule has 0 aliphatic carbocycles. The van der Waals surface area contributed by atoms with Gasteiger partial charge in [-0.2, -0.15) is 0 Å². The molecule has 0 amide bonds. The van der Waals surface area contributed by atoms with E-state index in [1.54, 1.807) is 0 Å². The van der Waals surface area contributed by atoms with E-state index in [9.17, 15) is 24.1 Å². The van der Waals surface area contributed by atoms with Crippen molar-refractivity contribution in [2.45, 2.75) is 0 Å². The van der Waals surface area contributed by atoms with Crippen molar-refractivity contribution in [1.82, 2.24) is 0 Å². The van der Waals surface area contributed by atoms with Gasteiger partial charge in [0.2, 0.25) is 0 Å². The van der Waals surface area contributed by atoms with Gasteiger partial charge in [0.25, 0.3) is 0 Å². The molecule has 0 spiro atoms. The van der Waals surface area contributed by atoms with Crippen LogP contribution in [0.4, 0.5) is 0 Å². The summed E-state index contributed by atoms with van der Waals surface area (Å²) in [4.78, 5) is 46.1. The summed E-state index contributed by atoms with van der Waals surface area (Å²) >= 11 is 0. The third kappa shape index (κ3) is 3.59. The van der Waals surface area contributed by atoms with E-state index >= 15 is 0 Å². The fourth-order valence-electron chi connectivity index (χ4n) is 0.509. The van der Waals surface area contributed by atoms with Gasteiger partial charge in [0.05, 0.1) is 0 Å². The first-order valence-corrected chi connectivity index (χ1v) is 15.3. The van der Waals surface area contributed by atoms with Gasteiger partial charge in [0, 0.05) is 0 Å². The van der Waals surface area contributed by atoms with Gasteiger partial charge >= 0.3 is 98.5 Å². The predicted octanol–water partition coefficient (Wildman–Crippen LogP) is 2.14. The van der Waals surface area contributed by atoms with Crippen LogP contribution in [-0.4, -0.2) is 24.5 Å². The molecule has 92 valence electrons. The zero-order valence-corrected chi connectivity index (χ0v) is 12.4. The second-order valence-electron chi connectivity index (χ2n) is 2.54. The Morgan fingerprint density at radius 2 is 1.13 bits per heavy atom. The zero-order valence-electron chi connectivity index (χ0n) is 6.44. The Labute approximate surface area is 98.3 Å². The first-order chi connectivity index (χ1) is 6.39. The number of hydrogen-bond acceptors (Lipinski definition) is 11. The third-order valence-electron chi connectivity index (χ3n) is 1.02. The van der Waals surface area contributed by atoms with Crippen LogP contribution < -0.4 is 0 Å². The number of rotatable bonds is 4. The minimum atomic E-state index is -4.91. The van der Waals surface area contributed by atoms with Crippen LogP contribution >= 0.6 is 60.9 Å². The number of phosphoric acid groups is 1. The molecule has 15 heteroatoms. The normalized spacial score (nSPS) is 42.2. The summed E-state index contributed by atoms with van der Waals surface area (Å²) in [6.45, 7) is 0. The Morgan fingerprint density at radius 3 is 1.33 bits per heavy atom. The second-order valence-corrected chi connectivity index (χ2v) is 25.0. The van der Waals surface area contributed by atoms with E-state index in [4.69, 9.17) is 4.89 Å². The Hall–Kier alpha value is 2.21. The fourth-order valence-corrected chi connectivity index (χ4v) is 18.1. The molecular formula is H5O8P3S4. The average Bonchev–Trinajstić information content (AvgIpc) is 2.72. The maximum atomic E-state index is 11.2. The molecular weight excluding hydrogens is 349 g/mol. The monoisotopic (exact) mass is 354 g/mol. The first kappa shape index (κ1) is 13.6. The van der Waals surface area contributed by atoms with Crippen LogP contribution in [0.3, 0.4) is 0 Å². The van der Waals surface area contributed by atoms with E-state index in [1.165, 1.54) is 0 Å². The van der Waals surface area contributed by atoms with Crippen LogP contribution in [0, 0.1) is 0 Å². The Bertz CT molecular complexity index is 328. The molecule has 0 radical (unpaired) electrons. The van der Waals surface area contributed by atoms with Gasteiger partial charge in [0.1, 0.15) is 0 Å². The standard InChI is InChI=1S/H5O8P3S4/c1-9(2,7-10(3,4)12-13-10)8-11(5,6)14-15-11/h3-6H,(H,1,2). The molecule has 5 N–H and O–H groups in total. The molecule has 2 fully saturated rings. The van der Waals surface area contributed by atoms with Crippen LogP contribution in [0.15, 0.2) is 0 Å². The van der Waals surface area contributed by atoms with Gasteiger partial charge in [-0.15, -0.1) is 0 Å². The van der Waals surface area contributed by atoms with Crippen molar-refractivity contribution in [2.24, 2.45) is 0 Å². The van der Waals surface area contributed by atoms with Gasteiger partial charge < -0.3 is 0 Å². The summed E-state index contributed by atoms with van der Waals surface area (Å²) in [6, 6.07) is 0. The molecule has 0 aromatic carbocycles. The molecule has 2 heterocycles. The van der Waals surface area contributed by atoms with Crippen molar-refractivity contribution in [3.63, 3.8) is 0 Å². The van der Waals surface area contributed by atoms with Gasteiger partial charge in [-0.25, -0.2) is 0 Å².